The van der Waals surface area contributed by atoms with Crippen molar-refractivity contribution < 1.29 is 9.59 Å². The van der Waals surface area contributed by atoms with Crippen LogP contribution in [-0.2, 0) is 16.1 Å². The van der Waals surface area contributed by atoms with Crippen LogP contribution in [0.5, 0.6) is 0 Å². The molecule has 1 aliphatic heterocycles. The van der Waals surface area contributed by atoms with E-state index in [1.165, 1.54) is 4.90 Å². The van der Waals surface area contributed by atoms with Gasteiger partial charge in [0, 0.05) is 36.5 Å². The summed E-state index contributed by atoms with van der Waals surface area (Å²) in [5, 5.41) is 0. The molecule has 2 amide bonds. The summed E-state index contributed by atoms with van der Waals surface area (Å²) in [5.41, 5.74) is 0.900. The Hall–Kier alpha value is -1.49. The molecule has 1 atom stereocenters. The SMILES string of the molecule is CCN(Cc1ccc(SC)cc1)C(=O)C1CC(=O)N(C(C)(C)C)C1. The standard InChI is InChI=1S/C19H28N2O2S/c1-6-20(12-14-7-9-16(24-5)10-8-14)18(23)15-11-17(22)21(13-15)19(2,3)4/h7-10,15H,6,11-13H2,1-5H3. The van der Waals surface area contributed by atoms with Crippen molar-refractivity contribution in [3.63, 3.8) is 0 Å². The van der Waals surface area contributed by atoms with Crippen molar-refractivity contribution in [1.29, 1.82) is 0 Å². The van der Waals surface area contributed by atoms with Crippen molar-refractivity contribution in [3.8, 4) is 0 Å². The number of hydrogen-bond donors (Lipinski definition) is 0. The molecule has 0 saturated carbocycles. The molecule has 5 heteroatoms. The molecular formula is C19H28N2O2S. The number of likely N-dealkylation sites (tertiary alicyclic amines) is 1. The quantitative estimate of drug-likeness (QED) is 0.766. The summed E-state index contributed by atoms with van der Waals surface area (Å²) < 4.78 is 0. The molecule has 1 aromatic carbocycles. The monoisotopic (exact) mass is 348 g/mol. The van der Waals surface area contributed by atoms with Gasteiger partial charge in [0.15, 0.2) is 0 Å². The summed E-state index contributed by atoms with van der Waals surface area (Å²) in [6.07, 6.45) is 2.38. The van der Waals surface area contributed by atoms with E-state index in [9.17, 15) is 9.59 Å². The maximum absolute atomic E-state index is 12.9. The maximum atomic E-state index is 12.9. The van der Waals surface area contributed by atoms with E-state index in [0.29, 0.717) is 26.1 Å². The van der Waals surface area contributed by atoms with Gasteiger partial charge in [-0.05, 0) is 51.6 Å². The van der Waals surface area contributed by atoms with Crippen molar-refractivity contribution in [3.05, 3.63) is 29.8 Å². The third-order valence-corrected chi connectivity index (χ3v) is 5.25. The van der Waals surface area contributed by atoms with Crippen LogP contribution in [0.4, 0.5) is 0 Å². The summed E-state index contributed by atoms with van der Waals surface area (Å²) in [5.74, 6) is -0.0464. The van der Waals surface area contributed by atoms with E-state index in [0.717, 1.165) is 5.56 Å². The molecule has 0 spiro atoms. The van der Waals surface area contributed by atoms with E-state index in [4.69, 9.17) is 0 Å². The zero-order chi connectivity index (χ0) is 17.9. The van der Waals surface area contributed by atoms with Crippen molar-refractivity contribution >= 4 is 23.6 Å². The molecule has 0 bridgehead atoms. The highest BCUT2D eigenvalue weighted by Crippen LogP contribution is 2.27. The number of rotatable bonds is 5. The number of benzene rings is 1. The zero-order valence-corrected chi connectivity index (χ0v) is 16.2. The number of amides is 2. The lowest BCUT2D eigenvalue weighted by Crippen LogP contribution is -2.43. The summed E-state index contributed by atoms with van der Waals surface area (Å²) in [4.78, 5) is 30.0. The van der Waals surface area contributed by atoms with Crippen LogP contribution in [0.3, 0.4) is 0 Å². The first-order valence-corrected chi connectivity index (χ1v) is 9.71. The molecule has 0 aliphatic carbocycles. The molecule has 4 nitrogen and oxygen atoms in total. The van der Waals surface area contributed by atoms with Gasteiger partial charge in [-0.2, -0.15) is 0 Å². The Balaban J connectivity index is 2.05. The maximum Gasteiger partial charge on any atom is 0.228 e. The Morgan fingerprint density at radius 1 is 1.29 bits per heavy atom. The van der Waals surface area contributed by atoms with Crippen LogP contribution in [0.25, 0.3) is 0 Å². The predicted octanol–water partition coefficient (Wildman–Crippen LogP) is 3.40. The molecule has 1 fully saturated rings. The highest BCUT2D eigenvalue weighted by Gasteiger charge is 2.40. The lowest BCUT2D eigenvalue weighted by molar-refractivity contribution is -0.136. The molecule has 1 aliphatic rings. The van der Waals surface area contributed by atoms with Crippen molar-refractivity contribution in [1.82, 2.24) is 9.80 Å². The molecule has 1 heterocycles. The van der Waals surface area contributed by atoms with Gasteiger partial charge in [0.25, 0.3) is 0 Å². The lowest BCUT2D eigenvalue weighted by Gasteiger charge is -2.32. The smallest absolute Gasteiger partial charge is 0.228 e. The average Bonchev–Trinajstić information content (AvgIpc) is 2.94. The molecule has 0 N–H and O–H groups in total. The first-order valence-electron chi connectivity index (χ1n) is 8.48. The van der Waals surface area contributed by atoms with Crippen molar-refractivity contribution in [2.45, 2.75) is 51.1 Å². The second-order valence-electron chi connectivity index (χ2n) is 7.28. The number of nitrogens with zero attached hydrogens (tertiary/aromatic N) is 2. The number of hydrogen-bond acceptors (Lipinski definition) is 3. The molecule has 1 saturated heterocycles. The fourth-order valence-corrected chi connectivity index (χ4v) is 3.48. The fraction of sp³-hybridized carbons (Fsp3) is 0.579. The van der Waals surface area contributed by atoms with Crippen LogP contribution >= 0.6 is 11.8 Å². The van der Waals surface area contributed by atoms with Gasteiger partial charge in [-0.25, -0.2) is 0 Å². The Labute approximate surface area is 149 Å². The molecule has 2 rings (SSSR count). The lowest BCUT2D eigenvalue weighted by atomic mass is 10.1. The minimum atomic E-state index is -0.225. The Bertz CT molecular complexity index is 592. The summed E-state index contributed by atoms with van der Waals surface area (Å²) in [6, 6.07) is 8.31. The van der Waals surface area contributed by atoms with Crippen LogP contribution < -0.4 is 0 Å². The number of carbonyl (C=O) groups excluding carboxylic acids is 2. The van der Waals surface area contributed by atoms with Gasteiger partial charge in [0.1, 0.15) is 0 Å². The highest BCUT2D eigenvalue weighted by atomic mass is 32.2. The summed E-state index contributed by atoms with van der Waals surface area (Å²) >= 11 is 1.71. The molecule has 132 valence electrons. The van der Waals surface area contributed by atoms with Gasteiger partial charge in [0.2, 0.25) is 11.8 Å². The predicted molar refractivity (Wildman–Crippen MR) is 98.9 cm³/mol. The topological polar surface area (TPSA) is 40.6 Å². The summed E-state index contributed by atoms with van der Waals surface area (Å²) in [7, 11) is 0. The fourth-order valence-electron chi connectivity index (χ4n) is 3.08. The number of thioether (sulfide) groups is 1. The Kier molecular flexibility index (Phi) is 5.97. The highest BCUT2D eigenvalue weighted by molar-refractivity contribution is 7.98. The Morgan fingerprint density at radius 2 is 1.92 bits per heavy atom. The van der Waals surface area contributed by atoms with Gasteiger partial charge < -0.3 is 9.80 Å². The minimum absolute atomic E-state index is 0.0845. The van der Waals surface area contributed by atoms with Gasteiger partial charge in [-0.15, -0.1) is 11.8 Å². The van der Waals surface area contributed by atoms with E-state index in [-0.39, 0.29) is 23.3 Å². The molecule has 1 unspecified atom stereocenters. The molecule has 0 aromatic heterocycles. The van der Waals surface area contributed by atoms with Crippen molar-refractivity contribution in [2.24, 2.45) is 5.92 Å². The largest absolute Gasteiger partial charge is 0.338 e. The third-order valence-electron chi connectivity index (χ3n) is 4.51. The molecular weight excluding hydrogens is 320 g/mol. The first-order chi connectivity index (χ1) is 11.3. The second kappa shape index (κ2) is 7.60. The molecule has 1 aromatic rings. The van der Waals surface area contributed by atoms with Gasteiger partial charge in [0.05, 0.1) is 5.92 Å². The first kappa shape index (κ1) is 18.8. The normalized spacial score (nSPS) is 18.1. The Morgan fingerprint density at radius 3 is 2.38 bits per heavy atom. The van der Waals surface area contributed by atoms with Crippen LogP contribution in [0, 0.1) is 5.92 Å². The molecule has 0 radical (unpaired) electrons. The van der Waals surface area contributed by atoms with Crippen LogP contribution in [0.1, 0.15) is 39.7 Å². The van der Waals surface area contributed by atoms with Crippen LogP contribution in [-0.4, -0.2) is 46.5 Å². The molecule has 24 heavy (non-hydrogen) atoms. The van der Waals surface area contributed by atoms with Gasteiger partial charge in [-0.1, -0.05) is 12.1 Å². The average molecular weight is 349 g/mol. The van der Waals surface area contributed by atoms with Gasteiger partial charge >= 0.3 is 0 Å². The van der Waals surface area contributed by atoms with E-state index in [1.807, 2.05) is 37.5 Å². The van der Waals surface area contributed by atoms with E-state index in [1.54, 1.807) is 11.8 Å². The van der Waals surface area contributed by atoms with Crippen LogP contribution in [0.2, 0.25) is 0 Å². The van der Waals surface area contributed by atoms with Crippen LogP contribution in [0.15, 0.2) is 29.2 Å². The minimum Gasteiger partial charge on any atom is -0.338 e. The van der Waals surface area contributed by atoms with E-state index < -0.39 is 0 Å². The summed E-state index contributed by atoms with van der Waals surface area (Å²) in [6.45, 7) is 9.83. The van der Waals surface area contributed by atoms with Crippen molar-refractivity contribution in [2.75, 3.05) is 19.3 Å². The zero-order valence-electron chi connectivity index (χ0n) is 15.3. The number of carbonyl (C=O) groups is 2. The van der Waals surface area contributed by atoms with E-state index in [2.05, 4.69) is 30.5 Å². The van der Waals surface area contributed by atoms with Gasteiger partial charge in [-0.3, -0.25) is 9.59 Å². The van der Waals surface area contributed by atoms with E-state index >= 15 is 0 Å². The third kappa shape index (κ3) is 4.32. The second-order valence-corrected chi connectivity index (χ2v) is 8.16.